The summed E-state index contributed by atoms with van der Waals surface area (Å²) in [6.45, 7) is 5.71. The average molecular weight is 375 g/mol. The average Bonchev–Trinajstić information content (AvgIpc) is 3.14. The van der Waals surface area contributed by atoms with Gasteiger partial charge in [-0.25, -0.2) is 4.79 Å². The van der Waals surface area contributed by atoms with Crippen molar-refractivity contribution in [3.8, 4) is 0 Å². The molecule has 1 atom stereocenters. The number of aryl methyl sites for hydroxylation is 2. The Hall–Kier alpha value is -2.15. The van der Waals surface area contributed by atoms with Crippen LogP contribution in [0.3, 0.4) is 0 Å². The Kier molecular flexibility index (Phi) is 5.46. The fraction of sp³-hybridized carbons (Fsp3) is 0.526. The van der Waals surface area contributed by atoms with E-state index < -0.39 is 0 Å². The number of nitrogens with one attached hydrogen (secondary N) is 1. The van der Waals surface area contributed by atoms with Gasteiger partial charge in [-0.2, -0.15) is 5.10 Å². The van der Waals surface area contributed by atoms with Gasteiger partial charge in [-0.15, -0.1) is 11.3 Å². The molecule has 1 aliphatic rings. The summed E-state index contributed by atoms with van der Waals surface area (Å²) in [4.78, 5) is 26.7. The van der Waals surface area contributed by atoms with Crippen LogP contribution in [0.5, 0.6) is 0 Å². The molecular formula is C19H25N3O3S. The molecular weight excluding hydrogens is 350 g/mol. The molecule has 7 heteroatoms. The second-order valence-corrected chi connectivity index (χ2v) is 7.87. The van der Waals surface area contributed by atoms with E-state index >= 15 is 0 Å². The zero-order valence-electron chi connectivity index (χ0n) is 15.7. The van der Waals surface area contributed by atoms with Crippen LogP contribution in [-0.4, -0.2) is 27.8 Å². The van der Waals surface area contributed by atoms with Gasteiger partial charge in [0.15, 0.2) is 0 Å². The van der Waals surface area contributed by atoms with Crippen LogP contribution >= 0.6 is 11.3 Å². The molecule has 1 amide bonds. The maximum absolute atomic E-state index is 12.8. The van der Waals surface area contributed by atoms with Gasteiger partial charge in [0.2, 0.25) is 0 Å². The van der Waals surface area contributed by atoms with E-state index in [-0.39, 0.29) is 18.0 Å². The van der Waals surface area contributed by atoms with E-state index in [1.54, 1.807) is 17.9 Å². The van der Waals surface area contributed by atoms with Gasteiger partial charge in [0.05, 0.1) is 23.4 Å². The lowest BCUT2D eigenvalue weighted by atomic mass is 9.95. The number of carbonyl (C=O) groups excluding carboxylic acids is 2. The number of anilines is 1. The largest absolute Gasteiger partial charge is 0.459 e. The first-order valence-corrected chi connectivity index (χ1v) is 9.89. The number of hydrogen-bond acceptors (Lipinski definition) is 5. The topological polar surface area (TPSA) is 73.2 Å². The van der Waals surface area contributed by atoms with E-state index in [1.165, 1.54) is 16.2 Å². The number of carbonyl (C=O) groups is 2. The molecule has 0 aromatic carbocycles. The predicted octanol–water partition coefficient (Wildman–Crippen LogP) is 3.88. The quantitative estimate of drug-likeness (QED) is 0.805. The number of ether oxygens (including phenoxy) is 1. The van der Waals surface area contributed by atoms with Crippen molar-refractivity contribution < 1.29 is 14.3 Å². The van der Waals surface area contributed by atoms with Crippen LogP contribution in [0, 0.1) is 6.92 Å². The summed E-state index contributed by atoms with van der Waals surface area (Å²) >= 11 is 1.50. The van der Waals surface area contributed by atoms with Crippen LogP contribution in [0.4, 0.5) is 5.00 Å². The lowest BCUT2D eigenvalue weighted by Gasteiger charge is -2.15. The number of fused-ring (bicyclic) bond motifs is 1. The molecule has 0 radical (unpaired) electrons. The summed E-state index contributed by atoms with van der Waals surface area (Å²) in [6.07, 6.45) is 6.14. The maximum atomic E-state index is 12.8. The number of hydrogen-bond donors (Lipinski definition) is 1. The molecule has 1 aliphatic carbocycles. The standard InChI is InChI=1S/C19H25N3O3S/c1-5-11(2)25-19(24)16-13-8-6-7-9-15(13)26-18(16)21-17(23)14-10-20-22(4)12(14)3/h10-11H,5-9H2,1-4H3,(H,21,23). The normalized spacial score (nSPS) is 14.6. The first-order valence-electron chi connectivity index (χ1n) is 9.07. The maximum Gasteiger partial charge on any atom is 0.341 e. The van der Waals surface area contributed by atoms with Gasteiger partial charge in [0.25, 0.3) is 5.91 Å². The van der Waals surface area contributed by atoms with Gasteiger partial charge in [0, 0.05) is 17.6 Å². The second-order valence-electron chi connectivity index (χ2n) is 6.76. The lowest BCUT2D eigenvalue weighted by molar-refractivity contribution is 0.0335. The van der Waals surface area contributed by atoms with Crippen LogP contribution in [-0.2, 0) is 24.6 Å². The zero-order valence-corrected chi connectivity index (χ0v) is 16.5. The number of rotatable bonds is 5. The summed E-state index contributed by atoms with van der Waals surface area (Å²) in [7, 11) is 1.80. The fourth-order valence-corrected chi connectivity index (χ4v) is 4.36. The Labute approximate surface area is 157 Å². The number of aromatic nitrogens is 2. The van der Waals surface area contributed by atoms with E-state index in [9.17, 15) is 9.59 Å². The van der Waals surface area contributed by atoms with Crippen LogP contribution in [0.25, 0.3) is 0 Å². The van der Waals surface area contributed by atoms with Gasteiger partial charge < -0.3 is 10.1 Å². The lowest BCUT2D eigenvalue weighted by Crippen LogP contribution is -2.19. The third-order valence-corrected chi connectivity index (χ3v) is 6.17. The monoisotopic (exact) mass is 375 g/mol. The van der Waals surface area contributed by atoms with Crippen molar-refractivity contribution in [3.63, 3.8) is 0 Å². The summed E-state index contributed by atoms with van der Waals surface area (Å²) in [5.41, 5.74) is 2.89. The Balaban J connectivity index is 1.93. The van der Waals surface area contributed by atoms with Crippen LogP contribution in [0.2, 0.25) is 0 Å². The molecule has 0 fully saturated rings. The summed E-state index contributed by atoms with van der Waals surface area (Å²) < 4.78 is 7.22. The molecule has 0 bridgehead atoms. The summed E-state index contributed by atoms with van der Waals surface area (Å²) in [5.74, 6) is -0.580. The third-order valence-electron chi connectivity index (χ3n) is 4.97. The Morgan fingerprint density at radius 3 is 2.77 bits per heavy atom. The van der Waals surface area contributed by atoms with Crippen LogP contribution < -0.4 is 5.32 Å². The SMILES string of the molecule is CCC(C)OC(=O)c1c(NC(=O)c2cnn(C)c2C)sc2c1CCCC2. The molecule has 2 aromatic heterocycles. The van der Waals surface area contributed by atoms with Crippen molar-refractivity contribution in [1.29, 1.82) is 0 Å². The van der Waals surface area contributed by atoms with Crippen molar-refractivity contribution in [2.45, 2.75) is 59.0 Å². The smallest absolute Gasteiger partial charge is 0.341 e. The minimum absolute atomic E-state index is 0.147. The molecule has 6 nitrogen and oxygen atoms in total. The Bertz CT molecular complexity index is 837. The van der Waals surface area contributed by atoms with Crippen molar-refractivity contribution in [2.75, 3.05) is 5.32 Å². The molecule has 0 saturated carbocycles. The van der Waals surface area contributed by atoms with E-state index in [0.29, 0.717) is 16.1 Å². The van der Waals surface area contributed by atoms with Gasteiger partial charge in [-0.3, -0.25) is 9.48 Å². The highest BCUT2D eigenvalue weighted by Gasteiger charge is 2.28. The van der Waals surface area contributed by atoms with Gasteiger partial charge in [0.1, 0.15) is 5.00 Å². The number of esters is 1. The van der Waals surface area contributed by atoms with Gasteiger partial charge in [-0.05, 0) is 51.5 Å². The van der Waals surface area contributed by atoms with Crippen molar-refractivity contribution in [3.05, 3.63) is 33.5 Å². The minimum atomic E-state index is -0.336. The molecule has 1 unspecified atom stereocenters. The molecule has 0 aliphatic heterocycles. The van der Waals surface area contributed by atoms with Crippen LogP contribution in [0.15, 0.2) is 6.20 Å². The zero-order chi connectivity index (χ0) is 18.8. The second kappa shape index (κ2) is 7.61. The molecule has 140 valence electrons. The fourth-order valence-electron chi connectivity index (χ4n) is 3.09. The molecule has 2 heterocycles. The Morgan fingerprint density at radius 2 is 2.12 bits per heavy atom. The van der Waals surface area contributed by atoms with Crippen molar-refractivity contribution in [2.24, 2.45) is 7.05 Å². The van der Waals surface area contributed by atoms with E-state index in [4.69, 9.17) is 4.74 Å². The highest BCUT2D eigenvalue weighted by Crippen LogP contribution is 2.39. The number of nitrogens with zero attached hydrogens (tertiary/aromatic N) is 2. The van der Waals surface area contributed by atoms with Gasteiger partial charge >= 0.3 is 5.97 Å². The first-order chi connectivity index (χ1) is 12.4. The molecule has 1 N–H and O–H groups in total. The summed E-state index contributed by atoms with van der Waals surface area (Å²) in [5, 5.41) is 7.65. The van der Waals surface area contributed by atoms with E-state index in [0.717, 1.165) is 43.4 Å². The molecule has 3 rings (SSSR count). The molecule has 0 spiro atoms. The van der Waals surface area contributed by atoms with Crippen molar-refractivity contribution in [1.82, 2.24) is 9.78 Å². The Morgan fingerprint density at radius 1 is 1.38 bits per heavy atom. The van der Waals surface area contributed by atoms with Crippen LogP contribution in [0.1, 0.15) is 70.0 Å². The number of amides is 1. The number of thiophene rings is 1. The third kappa shape index (κ3) is 3.53. The molecule has 0 saturated heterocycles. The summed E-state index contributed by atoms with van der Waals surface area (Å²) in [6, 6.07) is 0. The van der Waals surface area contributed by atoms with Crippen molar-refractivity contribution >= 4 is 28.2 Å². The first kappa shape index (κ1) is 18.6. The van der Waals surface area contributed by atoms with Gasteiger partial charge in [-0.1, -0.05) is 6.92 Å². The highest BCUT2D eigenvalue weighted by atomic mass is 32.1. The molecule has 2 aromatic rings. The van der Waals surface area contributed by atoms with E-state index in [2.05, 4.69) is 10.4 Å². The van der Waals surface area contributed by atoms with E-state index in [1.807, 2.05) is 20.8 Å². The predicted molar refractivity (Wildman–Crippen MR) is 102 cm³/mol. The minimum Gasteiger partial charge on any atom is -0.459 e. The highest BCUT2D eigenvalue weighted by molar-refractivity contribution is 7.17. The molecule has 26 heavy (non-hydrogen) atoms.